The molecule has 0 radical (unpaired) electrons. The van der Waals surface area contributed by atoms with Gasteiger partial charge in [-0.15, -0.1) is 0 Å². The summed E-state index contributed by atoms with van der Waals surface area (Å²) in [6, 6.07) is 1.84. The van der Waals surface area contributed by atoms with Gasteiger partial charge in [-0.3, -0.25) is 4.79 Å². The molecule has 0 N–H and O–H groups in total. The molecule has 1 amide bonds. The molecule has 0 aliphatic carbocycles. The summed E-state index contributed by atoms with van der Waals surface area (Å²) < 4.78 is 11.1. The third-order valence-corrected chi connectivity index (χ3v) is 3.42. The minimum Gasteiger partial charge on any atom is -0.382 e. The summed E-state index contributed by atoms with van der Waals surface area (Å²) in [5.41, 5.74) is 0.547. The van der Waals surface area contributed by atoms with E-state index in [1.807, 2.05) is 24.8 Å². The standard InChI is InChI=1S/C15H23N3O3/c1-15(2)10-18(8-13(21-15)9-20-3)14(19)5-4-12-6-7-16-11-17-12/h6-7,11,13H,4-5,8-10H2,1-3H3/t13-/m1/s1. The van der Waals surface area contributed by atoms with E-state index in [1.165, 1.54) is 6.33 Å². The monoisotopic (exact) mass is 293 g/mol. The van der Waals surface area contributed by atoms with Crippen molar-refractivity contribution in [3.05, 3.63) is 24.3 Å². The lowest BCUT2D eigenvalue weighted by Gasteiger charge is -2.42. The lowest BCUT2D eigenvalue weighted by atomic mass is 10.0. The van der Waals surface area contributed by atoms with Gasteiger partial charge in [0.2, 0.25) is 5.91 Å². The van der Waals surface area contributed by atoms with E-state index in [2.05, 4.69) is 9.97 Å². The second-order valence-corrected chi connectivity index (χ2v) is 5.93. The highest BCUT2D eigenvalue weighted by atomic mass is 16.5. The normalized spacial score (nSPS) is 21.3. The number of morpholine rings is 1. The van der Waals surface area contributed by atoms with Crippen molar-refractivity contribution in [1.82, 2.24) is 14.9 Å². The van der Waals surface area contributed by atoms with Crippen molar-refractivity contribution in [2.75, 3.05) is 26.8 Å². The maximum Gasteiger partial charge on any atom is 0.223 e. The number of amides is 1. The van der Waals surface area contributed by atoms with Crippen LogP contribution in [0.15, 0.2) is 18.6 Å². The molecule has 0 bridgehead atoms. The first kappa shape index (κ1) is 15.9. The Bertz CT molecular complexity index is 464. The van der Waals surface area contributed by atoms with E-state index in [-0.39, 0.29) is 17.6 Å². The predicted octanol–water partition coefficient (Wildman–Crippen LogP) is 1.06. The van der Waals surface area contributed by atoms with E-state index in [0.29, 0.717) is 32.5 Å². The van der Waals surface area contributed by atoms with Crippen molar-refractivity contribution < 1.29 is 14.3 Å². The summed E-state index contributed by atoms with van der Waals surface area (Å²) in [5, 5.41) is 0. The SMILES string of the molecule is COC[C@H]1CN(C(=O)CCc2ccncn2)CC(C)(C)O1. The first-order chi connectivity index (χ1) is 10.00. The van der Waals surface area contributed by atoms with Crippen LogP contribution in [0.5, 0.6) is 0 Å². The average Bonchev–Trinajstić information content (AvgIpc) is 2.44. The number of aromatic nitrogens is 2. The van der Waals surface area contributed by atoms with Crippen molar-refractivity contribution in [1.29, 1.82) is 0 Å². The molecule has 1 atom stereocenters. The Balaban J connectivity index is 1.91. The fraction of sp³-hybridized carbons (Fsp3) is 0.667. The Labute approximate surface area is 125 Å². The summed E-state index contributed by atoms with van der Waals surface area (Å²) in [5.74, 6) is 0.131. The van der Waals surface area contributed by atoms with E-state index < -0.39 is 0 Å². The number of ether oxygens (including phenoxy) is 2. The zero-order valence-electron chi connectivity index (χ0n) is 12.9. The number of nitrogens with zero attached hydrogens (tertiary/aromatic N) is 3. The van der Waals surface area contributed by atoms with Crippen LogP contribution in [0.4, 0.5) is 0 Å². The number of carbonyl (C=O) groups excluding carboxylic acids is 1. The molecular formula is C15H23N3O3. The quantitative estimate of drug-likeness (QED) is 0.812. The molecular weight excluding hydrogens is 270 g/mol. The van der Waals surface area contributed by atoms with Gasteiger partial charge in [0.05, 0.1) is 18.3 Å². The Hall–Kier alpha value is -1.53. The Morgan fingerprint density at radius 2 is 2.38 bits per heavy atom. The molecule has 1 fully saturated rings. The number of carbonyl (C=O) groups is 1. The molecule has 0 spiro atoms. The average molecular weight is 293 g/mol. The van der Waals surface area contributed by atoms with Crippen LogP contribution in [0, 0.1) is 0 Å². The van der Waals surface area contributed by atoms with Gasteiger partial charge in [0.15, 0.2) is 0 Å². The van der Waals surface area contributed by atoms with Crippen molar-refractivity contribution in [3.63, 3.8) is 0 Å². The van der Waals surface area contributed by atoms with Crippen LogP contribution in [-0.2, 0) is 20.7 Å². The molecule has 2 heterocycles. The smallest absolute Gasteiger partial charge is 0.223 e. The van der Waals surface area contributed by atoms with Crippen molar-refractivity contribution in [2.24, 2.45) is 0 Å². The van der Waals surface area contributed by atoms with Gasteiger partial charge in [0.25, 0.3) is 0 Å². The molecule has 1 aromatic rings. The molecule has 1 aliphatic rings. The number of aryl methyl sites for hydroxylation is 1. The van der Waals surface area contributed by atoms with Gasteiger partial charge in [-0.2, -0.15) is 0 Å². The number of hydrogen-bond acceptors (Lipinski definition) is 5. The predicted molar refractivity (Wildman–Crippen MR) is 77.8 cm³/mol. The maximum absolute atomic E-state index is 12.4. The maximum atomic E-state index is 12.4. The Kier molecular flexibility index (Phi) is 5.25. The lowest BCUT2D eigenvalue weighted by Crippen LogP contribution is -2.55. The zero-order valence-corrected chi connectivity index (χ0v) is 12.9. The molecule has 2 rings (SSSR count). The fourth-order valence-electron chi connectivity index (χ4n) is 2.62. The van der Waals surface area contributed by atoms with Crippen LogP contribution in [0.2, 0.25) is 0 Å². The van der Waals surface area contributed by atoms with E-state index >= 15 is 0 Å². The number of methoxy groups -OCH3 is 1. The van der Waals surface area contributed by atoms with Gasteiger partial charge in [0, 0.05) is 38.5 Å². The molecule has 1 saturated heterocycles. The largest absolute Gasteiger partial charge is 0.382 e. The van der Waals surface area contributed by atoms with Crippen molar-refractivity contribution in [2.45, 2.75) is 38.4 Å². The summed E-state index contributed by atoms with van der Waals surface area (Å²) in [6.45, 7) is 5.69. The van der Waals surface area contributed by atoms with Crippen molar-refractivity contribution in [3.8, 4) is 0 Å². The van der Waals surface area contributed by atoms with E-state index in [4.69, 9.17) is 9.47 Å². The molecule has 6 nitrogen and oxygen atoms in total. The molecule has 0 unspecified atom stereocenters. The van der Waals surface area contributed by atoms with Crippen LogP contribution in [0.25, 0.3) is 0 Å². The zero-order chi connectivity index (χ0) is 15.3. The third-order valence-electron chi connectivity index (χ3n) is 3.42. The molecule has 116 valence electrons. The van der Waals surface area contributed by atoms with E-state index in [9.17, 15) is 4.79 Å². The van der Waals surface area contributed by atoms with Crippen LogP contribution >= 0.6 is 0 Å². The number of hydrogen-bond donors (Lipinski definition) is 0. The van der Waals surface area contributed by atoms with Crippen LogP contribution < -0.4 is 0 Å². The van der Waals surface area contributed by atoms with Gasteiger partial charge in [-0.05, 0) is 26.3 Å². The van der Waals surface area contributed by atoms with Crippen LogP contribution in [0.1, 0.15) is 26.0 Å². The van der Waals surface area contributed by atoms with Crippen LogP contribution in [-0.4, -0.2) is 59.3 Å². The summed E-state index contributed by atoms with van der Waals surface area (Å²) in [7, 11) is 1.65. The highest BCUT2D eigenvalue weighted by Gasteiger charge is 2.35. The number of rotatable bonds is 5. The third kappa shape index (κ3) is 4.75. The summed E-state index contributed by atoms with van der Waals surface area (Å²) >= 11 is 0. The van der Waals surface area contributed by atoms with Gasteiger partial charge in [-0.25, -0.2) is 9.97 Å². The molecule has 6 heteroatoms. The Morgan fingerprint density at radius 3 is 3.05 bits per heavy atom. The molecule has 0 aromatic carbocycles. The second kappa shape index (κ2) is 6.95. The van der Waals surface area contributed by atoms with Gasteiger partial charge < -0.3 is 14.4 Å². The fourth-order valence-corrected chi connectivity index (χ4v) is 2.62. The minimum absolute atomic E-state index is 0.0678. The van der Waals surface area contributed by atoms with Crippen LogP contribution in [0.3, 0.4) is 0 Å². The Morgan fingerprint density at radius 1 is 1.57 bits per heavy atom. The van der Waals surface area contributed by atoms with Gasteiger partial charge in [-0.1, -0.05) is 0 Å². The first-order valence-electron chi connectivity index (χ1n) is 7.19. The first-order valence-corrected chi connectivity index (χ1v) is 7.19. The second-order valence-electron chi connectivity index (χ2n) is 5.93. The van der Waals surface area contributed by atoms with Gasteiger partial charge >= 0.3 is 0 Å². The topological polar surface area (TPSA) is 64.5 Å². The highest BCUT2D eigenvalue weighted by Crippen LogP contribution is 2.22. The molecule has 1 aromatic heterocycles. The highest BCUT2D eigenvalue weighted by molar-refractivity contribution is 5.76. The van der Waals surface area contributed by atoms with E-state index in [0.717, 1.165) is 5.69 Å². The minimum atomic E-state index is -0.341. The molecule has 21 heavy (non-hydrogen) atoms. The van der Waals surface area contributed by atoms with Gasteiger partial charge in [0.1, 0.15) is 6.33 Å². The van der Waals surface area contributed by atoms with Crippen molar-refractivity contribution >= 4 is 5.91 Å². The molecule has 1 aliphatic heterocycles. The van der Waals surface area contributed by atoms with E-state index in [1.54, 1.807) is 13.3 Å². The lowest BCUT2D eigenvalue weighted by molar-refractivity contribution is -0.168. The molecule has 0 saturated carbocycles. The summed E-state index contributed by atoms with van der Waals surface area (Å²) in [4.78, 5) is 22.3. The summed E-state index contributed by atoms with van der Waals surface area (Å²) in [6.07, 6.45) is 4.22.